The fourth-order valence-electron chi connectivity index (χ4n) is 2.88. The highest BCUT2D eigenvalue weighted by Gasteiger charge is 2.26. The van der Waals surface area contributed by atoms with Crippen LogP contribution in [0.2, 0.25) is 0 Å². The van der Waals surface area contributed by atoms with Gasteiger partial charge in [0.05, 0.1) is 10.5 Å². The largest absolute Gasteiger partial charge is 0.478 e. The molecule has 0 aromatic heterocycles. The number of imide groups is 1. The van der Waals surface area contributed by atoms with E-state index in [-0.39, 0.29) is 16.5 Å². The molecule has 1 aromatic carbocycles. The normalized spacial score (nSPS) is 22.8. The van der Waals surface area contributed by atoms with Crippen molar-refractivity contribution in [1.82, 2.24) is 5.32 Å². The molecule has 2 fully saturated rings. The smallest absolute Gasteiger partial charge is 0.335 e. The molecule has 2 aliphatic heterocycles. The summed E-state index contributed by atoms with van der Waals surface area (Å²) in [6.07, 6.45) is 3.46. The van der Waals surface area contributed by atoms with Crippen LogP contribution in [0.5, 0.6) is 0 Å². The van der Waals surface area contributed by atoms with Gasteiger partial charge in [-0.1, -0.05) is 0 Å². The minimum Gasteiger partial charge on any atom is -0.478 e. The van der Waals surface area contributed by atoms with Crippen molar-refractivity contribution in [3.05, 3.63) is 34.2 Å². The molecule has 0 aliphatic carbocycles. The zero-order valence-corrected chi connectivity index (χ0v) is 13.6. The fraction of sp³-hybridized carbons (Fsp3) is 0.312. The number of anilines is 1. The molecule has 4 N–H and O–H groups in total. The summed E-state index contributed by atoms with van der Waals surface area (Å²) in [7, 11) is 0. The van der Waals surface area contributed by atoms with Crippen LogP contribution in [0.3, 0.4) is 0 Å². The first kappa shape index (κ1) is 16.5. The van der Waals surface area contributed by atoms with Gasteiger partial charge in [0, 0.05) is 24.8 Å². The van der Waals surface area contributed by atoms with Gasteiger partial charge in [-0.05, 0) is 54.4 Å². The Labute approximate surface area is 142 Å². The third-order valence-corrected chi connectivity index (χ3v) is 4.81. The Bertz CT molecular complexity index is 747. The first-order valence-electron chi connectivity index (χ1n) is 7.57. The summed E-state index contributed by atoms with van der Waals surface area (Å²) in [6.45, 7) is 1.48. The van der Waals surface area contributed by atoms with E-state index in [1.807, 2.05) is 0 Å². The van der Waals surface area contributed by atoms with Gasteiger partial charge >= 0.3 is 5.97 Å². The van der Waals surface area contributed by atoms with Crippen LogP contribution in [0.15, 0.2) is 23.1 Å². The van der Waals surface area contributed by atoms with E-state index < -0.39 is 17.1 Å². The van der Waals surface area contributed by atoms with Gasteiger partial charge in [0.15, 0.2) is 0 Å². The number of aromatic carboxylic acids is 1. The molecule has 2 heterocycles. The van der Waals surface area contributed by atoms with Crippen LogP contribution in [0.25, 0.3) is 6.08 Å². The van der Waals surface area contributed by atoms with Crippen LogP contribution >= 0.6 is 11.8 Å². The minimum absolute atomic E-state index is 0.0594. The first-order valence-corrected chi connectivity index (χ1v) is 8.38. The average molecular weight is 347 g/mol. The summed E-state index contributed by atoms with van der Waals surface area (Å²) in [5, 5.41) is 11.0. The van der Waals surface area contributed by atoms with Gasteiger partial charge in [0.25, 0.3) is 11.1 Å². The summed E-state index contributed by atoms with van der Waals surface area (Å²) in [6, 6.07) is 4.84. The number of amides is 2. The Kier molecular flexibility index (Phi) is 4.59. The number of nitrogens with two attached hydrogens (primary N) is 1. The van der Waals surface area contributed by atoms with Crippen LogP contribution in [0, 0.1) is 0 Å². The van der Waals surface area contributed by atoms with E-state index in [1.165, 1.54) is 12.1 Å². The Morgan fingerprint density at radius 2 is 2.21 bits per heavy atom. The standard InChI is InChI=1S/C16H17N3O4S/c17-11-2-1-5-19(8-11)12-4-3-9(15(21)22)6-10(12)7-13-14(20)18-16(23)24-13/h3-4,6-7,11H,1-2,5,8,17H2,(H,21,22)(H,18,20,23)/t11-/m1/s1. The SMILES string of the molecule is N[C@@H]1CCCN(c2ccc(C(=O)O)cc2C=C2SC(=O)NC2=O)C1. The van der Waals surface area contributed by atoms with Crippen molar-refractivity contribution in [2.75, 3.05) is 18.0 Å². The number of nitrogens with one attached hydrogen (secondary N) is 1. The Balaban J connectivity index is 2.02. The zero-order valence-electron chi connectivity index (χ0n) is 12.8. The number of carbonyl (C=O) groups excluding carboxylic acids is 2. The second-order valence-corrected chi connectivity index (χ2v) is 6.79. The van der Waals surface area contributed by atoms with E-state index in [1.54, 1.807) is 12.1 Å². The average Bonchev–Trinajstić information content (AvgIpc) is 2.84. The van der Waals surface area contributed by atoms with E-state index >= 15 is 0 Å². The van der Waals surface area contributed by atoms with Gasteiger partial charge in [0.2, 0.25) is 0 Å². The van der Waals surface area contributed by atoms with E-state index in [0.717, 1.165) is 36.8 Å². The molecular weight excluding hydrogens is 330 g/mol. The number of thioether (sulfide) groups is 1. The van der Waals surface area contributed by atoms with Crippen LogP contribution in [0.1, 0.15) is 28.8 Å². The maximum atomic E-state index is 11.8. The highest BCUT2D eigenvalue weighted by Crippen LogP contribution is 2.31. The maximum absolute atomic E-state index is 11.8. The summed E-state index contributed by atoms with van der Waals surface area (Å²) in [5.41, 5.74) is 7.57. The van der Waals surface area contributed by atoms with E-state index in [9.17, 15) is 19.5 Å². The molecule has 126 valence electrons. The maximum Gasteiger partial charge on any atom is 0.335 e. The highest BCUT2D eigenvalue weighted by atomic mass is 32.2. The third-order valence-electron chi connectivity index (χ3n) is 4.00. The second kappa shape index (κ2) is 6.66. The van der Waals surface area contributed by atoms with Crippen molar-refractivity contribution in [2.24, 2.45) is 5.73 Å². The predicted octanol–water partition coefficient (Wildman–Crippen LogP) is 1.64. The number of carboxylic acid groups (broad SMARTS) is 1. The molecule has 0 radical (unpaired) electrons. The van der Waals surface area contributed by atoms with Gasteiger partial charge in [-0.2, -0.15) is 0 Å². The van der Waals surface area contributed by atoms with E-state index in [0.29, 0.717) is 12.1 Å². The predicted molar refractivity (Wildman–Crippen MR) is 91.9 cm³/mol. The number of nitrogens with zero attached hydrogens (tertiary/aromatic N) is 1. The molecule has 2 amide bonds. The highest BCUT2D eigenvalue weighted by molar-refractivity contribution is 8.18. The zero-order chi connectivity index (χ0) is 17.3. The van der Waals surface area contributed by atoms with Crippen LogP contribution in [0.4, 0.5) is 10.5 Å². The molecule has 0 spiro atoms. The van der Waals surface area contributed by atoms with E-state index in [4.69, 9.17) is 5.73 Å². The van der Waals surface area contributed by atoms with Gasteiger partial charge in [0.1, 0.15) is 0 Å². The molecule has 1 aromatic rings. The molecular formula is C16H17N3O4S. The van der Waals surface area contributed by atoms with Crippen molar-refractivity contribution in [3.8, 4) is 0 Å². The van der Waals surface area contributed by atoms with Crippen LogP contribution in [-0.4, -0.2) is 41.4 Å². The van der Waals surface area contributed by atoms with Crippen LogP contribution < -0.4 is 16.0 Å². The summed E-state index contributed by atoms with van der Waals surface area (Å²) in [5.74, 6) is -1.51. The quantitative estimate of drug-likeness (QED) is 0.712. The van der Waals surface area contributed by atoms with Crippen molar-refractivity contribution in [3.63, 3.8) is 0 Å². The molecule has 8 heteroatoms. The summed E-state index contributed by atoms with van der Waals surface area (Å²) < 4.78 is 0. The number of carboxylic acids is 1. The van der Waals surface area contributed by atoms with Gasteiger partial charge in [-0.25, -0.2) is 4.79 Å². The van der Waals surface area contributed by atoms with Crippen LogP contribution in [-0.2, 0) is 4.79 Å². The molecule has 3 rings (SSSR count). The topological polar surface area (TPSA) is 113 Å². The second-order valence-electron chi connectivity index (χ2n) is 5.78. The molecule has 2 aliphatic rings. The monoisotopic (exact) mass is 347 g/mol. The lowest BCUT2D eigenvalue weighted by molar-refractivity contribution is -0.115. The van der Waals surface area contributed by atoms with Gasteiger partial charge in [-0.3, -0.25) is 14.9 Å². The lowest BCUT2D eigenvalue weighted by Gasteiger charge is -2.33. The Morgan fingerprint density at radius 3 is 2.83 bits per heavy atom. The van der Waals surface area contributed by atoms with Gasteiger partial charge < -0.3 is 15.7 Å². The number of benzene rings is 1. The molecule has 0 saturated carbocycles. The number of piperidine rings is 1. The molecule has 1 atom stereocenters. The number of hydrogen-bond acceptors (Lipinski definition) is 6. The van der Waals surface area contributed by atoms with E-state index in [2.05, 4.69) is 10.2 Å². The lowest BCUT2D eigenvalue weighted by atomic mass is 10.0. The number of carbonyl (C=O) groups is 3. The third kappa shape index (κ3) is 3.44. The summed E-state index contributed by atoms with van der Waals surface area (Å²) >= 11 is 0.810. The summed E-state index contributed by atoms with van der Waals surface area (Å²) in [4.78, 5) is 36.7. The van der Waals surface area contributed by atoms with Crippen molar-refractivity contribution >= 4 is 40.6 Å². The van der Waals surface area contributed by atoms with Crippen molar-refractivity contribution < 1.29 is 19.5 Å². The van der Waals surface area contributed by atoms with Crippen molar-refractivity contribution in [1.29, 1.82) is 0 Å². The molecule has 7 nitrogen and oxygen atoms in total. The Morgan fingerprint density at radius 1 is 1.42 bits per heavy atom. The van der Waals surface area contributed by atoms with Gasteiger partial charge in [-0.15, -0.1) is 0 Å². The number of rotatable bonds is 3. The lowest BCUT2D eigenvalue weighted by Crippen LogP contribution is -2.43. The fourth-order valence-corrected chi connectivity index (χ4v) is 3.56. The molecule has 0 unspecified atom stereocenters. The Hall–Kier alpha value is -2.32. The van der Waals surface area contributed by atoms with Crippen molar-refractivity contribution in [2.45, 2.75) is 18.9 Å². The molecule has 2 saturated heterocycles. The molecule has 0 bridgehead atoms. The number of hydrogen-bond donors (Lipinski definition) is 3. The minimum atomic E-state index is -1.05. The molecule has 24 heavy (non-hydrogen) atoms. The first-order chi connectivity index (χ1) is 11.4.